The first-order valence-corrected chi connectivity index (χ1v) is 11.3. The van der Waals surface area contributed by atoms with Crippen molar-refractivity contribution >= 4 is 76.2 Å². The molecule has 0 unspecified atom stereocenters. The van der Waals surface area contributed by atoms with E-state index in [0.717, 1.165) is 0 Å². The van der Waals surface area contributed by atoms with Gasteiger partial charge in [0.1, 0.15) is 20.2 Å². The maximum absolute atomic E-state index is 11.0. The predicted octanol–water partition coefficient (Wildman–Crippen LogP) is 2.27. The number of nitrogens with two attached hydrogens (primary N) is 2. The Hall–Kier alpha value is -2.41. The predicted molar refractivity (Wildman–Crippen MR) is 118 cm³/mol. The van der Waals surface area contributed by atoms with Crippen LogP contribution < -0.4 is 11.5 Å². The molecule has 0 bridgehead atoms. The van der Waals surface area contributed by atoms with Crippen molar-refractivity contribution in [1.29, 1.82) is 0 Å². The standard InChI is InChI=1S/2C10H9NO3S.Mg/c2*11-8-5-1-3-7-4-2-6-9(10(7)8)15(12,13)14;/h2*1-6H,11H2,(H,12,13,14);/q;;+2/p-2. The van der Waals surface area contributed by atoms with Gasteiger partial charge in [-0.2, -0.15) is 0 Å². The molecule has 0 fully saturated rings. The summed E-state index contributed by atoms with van der Waals surface area (Å²) in [7, 11) is -8.96. The molecular formula is C20H16MgN2O6S2. The molecule has 0 atom stereocenters. The Morgan fingerprint density at radius 3 is 1.13 bits per heavy atom. The maximum atomic E-state index is 11.0. The number of anilines is 2. The van der Waals surface area contributed by atoms with E-state index in [9.17, 15) is 25.9 Å². The maximum Gasteiger partial charge on any atom is 2.00 e. The number of nitrogen functional groups attached to an aromatic ring is 2. The van der Waals surface area contributed by atoms with Crippen LogP contribution in [0.3, 0.4) is 0 Å². The number of fused-ring (bicyclic) bond motifs is 2. The van der Waals surface area contributed by atoms with Crippen LogP contribution >= 0.6 is 0 Å². The average molecular weight is 469 g/mol. The van der Waals surface area contributed by atoms with Crippen molar-refractivity contribution in [1.82, 2.24) is 0 Å². The molecule has 31 heavy (non-hydrogen) atoms. The molecule has 0 amide bonds. The van der Waals surface area contributed by atoms with Crippen LogP contribution in [0.1, 0.15) is 0 Å². The van der Waals surface area contributed by atoms with Gasteiger partial charge in [-0.1, -0.05) is 48.5 Å². The Kier molecular flexibility index (Phi) is 7.52. The molecular weight excluding hydrogens is 453 g/mol. The summed E-state index contributed by atoms with van der Waals surface area (Å²) in [4.78, 5) is -0.531. The molecule has 8 nitrogen and oxygen atoms in total. The van der Waals surface area contributed by atoms with Crippen molar-refractivity contribution in [3.63, 3.8) is 0 Å². The van der Waals surface area contributed by atoms with Crippen LogP contribution in [0.5, 0.6) is 0 Å². The van der Waals surface area contributed by atoms with Crippen LogP contribution in [0.25, 0.3) is 21.5 Å². The number of benzene rings is 4. The first-order valence-electron chi connectivity index (χ1n) is 8.46. The number of hydrogen-bond donors (Lipinski definition) is 2. The molecule has 4 aromatic carbocycles. The molecule has 11 heteroatoms. The third kappa shape index (κ3) is 5.45. The molecule has 0 saturated carbocycles. The Balaban J connectivity index is 0.000000213. The fraction of sp³-hybridized carbons (Fsp3) is 0. The summed E-state index contributed by atoms with van der Waals surface area (Å²) in [5.74, 6) is 0. The van der Waals surface area contributed by atoms with E-state index >= 15 is 0 Å². The summed E-state index contributed by atoms with van der Waals surface area (Å²) in [6.07, 6.45) is 0. The van der Waals surface area contributed by atoms with Crippen molar-refractivity contribution in [3.8, 4) is 0 Å². The monoisotopic (exact) mass is 468 g/mol. The Morgan fingerprint density at radius 1 is 0.548 bits per heavy atom. The van der Waals surface area contributed by atoms with Gasteiger partial charge in [0.2, 0.25) is 0 Å². The second kappa shape index (κ2) is 9.38. The van der Waals surface area contributed by atoms with Gasteiger partial charge in [-0.25, -0.2) is 16.8 Å². The molecule has 0 saturated heterocycles. The van der Waals surface area contributed by atoms with Gasteiger partial charge < -0.3 is 20.6 Å². The van der Waals surface area contributed by atoms with E-state index < -0.39 is 20.2 Å². The summed E-state index contributed by atoms with van der Waals surface area (Å²) < 4.78 is 65.9. The van der Waals surface area contributed by atoms with Crippen molar-refractivity contribution < 1.29 is 25.9 Å². The minimum Gasteiger partial charge on any atom is -0.744 e. The van der Waals surface area contributed by atoms with E-state index in [-0.39, 0.29) is 32.8 Å². The summed E-state index contributed by atoms with van der Waals surface area (Å²) in [6, 6.07) is 19.0. The van der Waals surface area contributed by atoms with E-state index in [4.69, 9.17) is 11.5 Å². The van der Waals surface area contributed by atoms with Gasteiger partial charge in [0.15, 0.2) is 0 Å². The third-order valence-electron chi connectivity index (χ3n) is 4.34. The van der Waals surface area contributed by atoms with Crippen molar-refractivity contribution in [2.24, 2.45) is 0 Å². The normalized spacial score (nSPS) is 11.4. The van der Waals surface area contributed by atoms with E-state index in [1.165, 1.54) is 24.3 Å². The minimum atomic E-state index is -4.48. The molecule has 156 valence electrons. The van der Waals surface area contributed by atoms with Gasteiger partial charge in [-0.05, 0) is 35.0 Å². The topological polar surface area (TPSA) is 166 Å². The second-order valence-electron chi connectivity index (χ2n) is 6.31. The fourth-order valence-electron chi connectivity index (χ4n) is 3.09. The zero-order valence-corrected chi connectivity index (χ0v) is 19.1. The molecule has 0 spiro atoms. The molecule has 0 radical (unpaired) electrons. The SMILES string of the molecule is Nc1cccc2cccc(S(=O)(=O)[O-])c12.Nc1cccc2cccc(S(=O)(=O)[O-])c12.[Mg+2]. The first-order chi connectivity index (χ1) is 14.0. The van der Waals surface area contributed by atoms with E-state index in [1.54, 1.807) is 48.5 Å². The second-order valence-corrected chi connectivity index (χ2v) is 9.01. The smallest absolute Gasteiger partial charge is 0.744 e. The van der Waals surface area contributed by atoms with Crippen LogP contribution in [0.4, 0.5) is 11.4 Å². The minimum absolute atomic E-state index is 0. The largest absolute Gasteiger partial charge is 2.00 e. The van der Waals surface area contributed by atoms with Crippen molar-refractivity contribution in [2.45, 2.75) is 9.79 Å². The third-order valence-corrected chi connectivity index (χ3v) is 6.09. The van der Waals surface area contributed by atoms with Gasteiger partial charge in [0, 0.05) is 22.1 Å². The van der Waals surface area contributed by atoms with Crippen LogP contribution in [0.15, 0.2) is 82.6 Å². The molecule has 0 heterocycles. The quantitative estimate of drug-likeness (QED) is 0.256. The fourth-order valence-corrected chi connectivity index (χ4v) is 4.55. The van der Waals surface area contributed by atoms with Gasteiger partial charge in [-0.15, -0.1) is 0 Å². The van der Waals surface area contributed by atoms with E-state index in [1.807, 2.05) is 0 Å². The summed E-state index contributed by atoms with van der Waals surface area (Å²) >= 11 is 0. The Bertz CT molecular complexity index is 1350. The van der Waals surface area contributed by atoms with Gasteiger partial charge >= 0.3 is 23.1 Å². The van der Waals surface area contributed by atoms with E-state index in [0.29, 0.717) is 32.9 Å². The Morgan fingerprint density at radius 2 is 0.839 bits per heavy atom. The van der Waals surface area contributed by atoms with E-state index in [2.05, 4.69) is 0 Å². The van der Waals surface area contributed by atoms with Crippen LogP contribution in [0, 0.1) is 0 Å². The van der Waals surface area contributed by atoms with Crippen LogP contribution in [-0.2, 0) is 20.2 Å². The zero-order chi connectivity index (χ0) is 22.1. The zero-order valence-electron chi connectivity index (χ0n) is 16.1. The molecule has 0 aliphatic carbocycles. The molecule has 4 N–H and O–H groups in total. The van der Waals surface area contributed by atoms with Crippen LogP contribution in [0.2, 0.25) is 0 Å². The first kappa shape index (κ1) is 24.9. The van der Waals surface area contributed by atoms with Gasteiger partial charge in [0.05, 0.1) is 9.79 Å². The summed E-state index contributed by atoms with van der Waals surface area (Å²) in [5.41, 5.74) is 11.9. The molecule has 4 aromatic rings. The van der Waals surface area contributed by atoms with Gasteiger partial charge in [0.25, 0.3) is 0 Å². The summed E-state index contributed by atoms with van der Waals surface area (Å²) in [5, 5.41) is 1.89. The van der Waals surface area contributed by atoms with Crippen molar-refractivity contribution in [3.05, 3.63) is 72.8 Å². The molecule has 0 aromatic heterocycles. The molecule has 0 aliphatic rings. The number of rotatable bonds is 2. The molecule has 0 aliphatic heterocycles. The summed E-state index contributed by atoms with van der Waals surface area (Å²) in [6.45, 7) is 0. The molecule has 4 rings (SSSR count). The number of hydrogen-bond acceptors (Lipinski definition) is 8. The van der Waals surface area contributed by atoms with Gasteiger partial charge in [-0.3, -0.25) is 0 Å². The van der Waals surface area contributed by atoms with Crippen molar-refractivity contribution in [2.75, 3.05) is 11.5 Å². The average Bonchev–Trinajstić information content (AvgIpc) is 2.67. The van der Waals surface area contributed by atoms with Crippen LogP contribution in [-0.4, -0.2) is 49.0 Å². The Labute approximate surface area is 195 Å².